The Kier molecular flexibility index (Phi) is 5.77. The molecule has 1 aromatic heterocycles. The molecule has 0 bridgehead atoms. The van der Waals surface area contributed by atoms with E-state index in [-0.39, 0.29) is 0 Å². The van der Waals surface area contributed by atoms with Crippen LogP contribution < -0.4 is 21.3 Å². The van der Waals surface area contributed by atoms with E-state index in [9.17, 15) is 0 Å². The zero-order valence-corrected chi connectivity index (χ0v) is 17.4. The molecule has 0 saturated carbocycles. The average Bonchev–Trinajstić information content (AvgIpc) is 2.73. The van der Waals surface area contributed by atoms with Gasteiger partial charge < -0.3 is 26.0 Å². The number of nitrogen functional groups attached to an aromatic ring is 1. The number of morpholine rings is 1. The largest absolute Gasteiger partial charge is 0.397 e. The molecule has 0 spiro atoms. The fourth-order valence-electron chi connectivity index (χ4n) is 2.96. The second-order valence-corrected chi connectivity index (χ2v) is 7.54. The lowest BCUT2D eigenvalue weighted by Crippen LogP contribution is -2.36. The molecule has 7 nitrogen and oxygen atoms in total. The Balaban J connectivity index is 1.48. The fraction of sp³-hybridized carbons (Fsp3) is 0.200. The Morgan fingerprint density at radius 2 is 1.75 bits per heavy atom. The lowest BCUT2D eigenvalue weighted by atomic mass is 10.2. The number of hydrogen-bond acceptors (Lipinski definition) is 7. The molecule has 2 aromatic carbocycles. The number of aromatic nitrogens is 2. The first-order chi connectivity index (χ1) is 13.7. The predicted octanol–water partition coefficient (Wildman–Crippen LogP) is 3.99. The average molecular weight is 488 g/mol. The van der Waals surface area contributed by atoms with E-state index in [0.29, 0.717) is 17.5 Å². The summed E-state index contributed by atoms with van der Waals surface area (Å²) in [5.74, 6) is 1.23. The quantitative estimate of drug-likeness (QED) is 0.370. The lowest BCUT2D eigenvalue weighted by Gasteiger charge is -2.28. The molecule has 144 valence electrons. The normalized spacial score (nSPS) is 14.0. The van der Waals surface area contributed by atoms with Gasteiger partial charge in [0.1, 0.15) is 5.82 Å². The summed E-state index contributed by atoms with van der Waals surface area (Å²) in [4.78, 5) is 11.3. The molecule has 28 heavy (non-hydrogen) atoms. The van der Waals surface area contributed by atoms with E-state index in [1.165, 1.54) is 5.69 Å². The minimum Gasteiger partial charge on any atom is -0.397 e. The van der Waals surface area contributed by atoms with E-state index < -0.39 is 0 Å². The topological polar surface area (TPSA) is 88.3 Å². The van der Waals surface area contributed by atoms with Crippen LogP contribution in [0, 0.1) is 3.57 Å². The van der Waals surface area contributed by atoms with Crippen molar-refractivity contribution in [1.29, 1.82) is 0 Å². The van der Waals surface area contributed by atoms with Gasteiger partial charge in [-0.05, 0) is 59.0 Å². The molecular formula is C20H21IN6O. The summed E-state index contributed by atoms with van der Waals surface area (Å²) >= 11 is 2.20. The third-order valence-corrected chi connectivity index (χ3v) is 5.25. The third-order valence-electron chi connectivity index (χ3n) is 4.46. The first-order valence-corrected chi connectivity index (χ1v) is 10.1. The molecule has 0 atom stereocenters. The van der Waals surface area contributed by atoms with Crippen molar-refractivity contribution in [2.45, 2.75) is 0 Å². The summed E-state index contributed by atoms with van der Waals surface area (Å²) in [7, 11) is 0. The first-order valence-electron chi connectivity index (χ1n) is 9.03. The Morgan fingerprint density at radius 3 is 2.50 bits per heavy atom. The van der Waals surface area contributed by atoms with Crippen molar-refractivity contribution < 1.29 is 4.74 Å². The van der Waals surface area contributed by atoms with Crippen molar-refractivity contribution in [3.63, 3.8) is 0 Å². The van der Waals surface area contributed by atoms with Crippen LogP contribution in [0.1, 0.15) is 0 Å². The van der Waals surface area contributed by atoms with Gasteiger partial charge in [-0.2, -0.15) is 4.98 Å². The maximum Gasteiger partial charge on any atom is 0.229 e. The van der Waals surface area contributed by atoms with Crippen LogP contribution in [0.5, 0.6) is 0 Å². The van der Waals surface area contributed by atoms with Crippen molar-refractivity contribution in [2.75, 3.05) is 47.6 Å². The number of anilines is 6. The Labute approximate surface area is 177 Å². The number of nitrogens with zero attached hydrogens (tertiary/aromatic N) is 3. The summed E-state index contributed by atoms with van der Waals surface area (Å²) < 4.78 is 6.32. The molecule has 0 aliphatic carbocycles. The number of halogens is 1. The van der Waals surface area contributed by atoms with E-state index in [0.717, 1.165) is 41.2 Å². The minimum absolute atomic E-state index is 0.525. The van der Waals surface area contributed by atoms with Crippen LogP contribution in [0.4, 0.5) is 34.5 Å². The molecule has 4 rings (SSSR count). The zero-order chi connectivity index (χ0) is 19.3. The van der Waals surface area contributed by atoms with Gasteiger partial charge in [0.05, 0.1) is 28.2 Å². The molecule has 0 radical (unpaired) electrons. The highest BCUT2D eigenvalue weighted by molar-refractivity contribution is 14.1. The van der Waals surface area contributed by atoms with Crippen molar-refractivity contribution in [2.24, 2.45) is 0 Å². The van der Waals surface area contributed by atoms with Gasteiger partial charge in [0.25, 0.3) is 0 Å². The van der Waals surface area contributed by atoms with Crippen LogP contribution in [0.2, 0.25) is 0 Å². The molecule has 1 fully saturated rings. The summed E-state index contributed by atoms with van der Waals surface area (Å²) in [6, 6.07) is 15.9. The summed E-state index contributed by atoms with van der Waals surface area (Å²) in [6.07, 6.45) is 1.78. The second kappa shape index (κ2) is 8.61. The summed E-state index contributed by atoms with van der Waals surface area (Å²) in [5, 5.41) is 6.54. The highest BCUT2D eigenvalue weighted by Gasteiger charge is 2.11. The van der Waals surface area contributed by atoms with Crippen LogP contribution in [0.15, 0.2) is 54.7 Å². The number of rotatable bonds is 5. The van der Waals surface area contributed by atoms with E-state index in [1.807, 2.05) is 36.4 Å². The SMILES string of the molecule is Nc1ccccc1Nc1nc(Nc2ccc(N3CCOCC3)cc2)ncc1I. The van der Waals surface area contributed by atoms with Gasteiger partial charge >= 0.3 is 0 Å². The Bertz CT molecular complexity index is 944. The lowest BCUT2D eigenvalue weighted by molar-refractivity contribution is 0.122. The highest BCUT2D eigenvalue weighted by Crippen LogP contribution is 2.26. The van der Waals surface area contributed by atoms with Gasteiger partial charge in [-0.15, -0.1) is 0 Å². The van der Waals surface area contributed by atoms with E-state index in [2.05, 4.69) is 60.2 Å². The minimum atomic E-state index is 0.525. The predicted molar refractivity (Wildman–Crippen MR) is 122 cm³/mol. The smallest absolute Gasteiger partial charge is 0.229 e. The van der Waals surface area contributed by atoms with E-state index in [1.54, 1.807) is 6.20 Å². The van der Waals surface area contributed by atoms with Crippen molar-refractivity contribution in [3.05, 3.63) is 58.3 Å². The molecule has 2 heterocycles. The molecule has 1 aliphatic rings. The molecular weight excluding hydrogens is 467 g/mol. The standard InChI is InChI=1S/C20H21IN6O/c21-16-13-23-20(26-19(16)25-18-4-2-1-3-17(18)22)24-14-5-7-15(8-6-14)27-9-11-28-12-10-27/h1-8,13H,9-12,22H2,(H2,23,24,25,26). The maximum atomic E-state index is 6.02. The molecule has 3 aromatic rings. The van der Waals surface area contributed by atoms with Crippen LogP contribution in [0.25, 0.3) is 0 Å². The molecule has 0 amide bonds. The van der Waals surface area contributed by atoms with Crippen LogP contribution >= 0.6 is 22.6 Å². The van der Waals surface area contributed by atoms with Gasteiger partial charge in [0.15, 0.2) is 0 Å². The second-order valence-electron chi connectivity index (χ2n) is 6.37. The van der Waals surface area contributed by atoms with Gasteiger partial charge in [-0.25, -0.2) is 4.98 Å². The number of hydrogen-bond donors (Lipinski definition) is 3. The summed E-state index contributed by atoms with van der Waals surface area (Å²) in [5.41, 5.74) is 9.64. The van der Waals surface area contributed by atoms with Gasteiger partial charge in [-0.1, -0.05) is 12.1 Å². The molecule has 8 heteroatoms. The first kappa shape index (κ1) is 18.8. The number of para-hydroxylation sites is 2. The number of ether oxygens (including phenoxy) is 1. The van der Waals surface area contributed by atoms with Gasteiger partial charge in [0.2, 0.25) is 5.95 Å². The zero-order valence-electron chi connectivity index (χ0n) is 15.2. The van der Waals surface area contributed by atoms with Gasteiger partial charge in [0, 0.05) is 30.7 Å². The maximum absolute atomic E-state index is 6.02. The molecule has 1 saturated heterocycles. The van der Waals surface area contributed by atoms with Crippen molar-refractivity contribution >= 4 is 57.1 Å². The number of benzene rings is 2. The van der Waals surface area contributed by atoms with Gasteiger partial charge in [-0.3, -0.25) is 0 Å². The van der Waals surface area contributed by atoms with Crippen LogP contribution in [-0.4, -0.2) is 36.3 Å². The highest BCUT2D eigenvalue weighted by atomic mass is 127. The van der Waals surface area contributed by atoms with E-state index >= 15 is 0 Å². The fourth-order valence-corrected chi connectivity index (χ4v) is 3.35. The Morgan fingerprint density at radius 1 is 1.00 bits per heavy atom. The van der Waals surface area contributed by atoms with Crippen LogP contribution in [-0.2, 0) is 4.74 Å². The number of nitrogens with two attached hydrogens (primary N) is 1. The number of nitrogens with one attached hydrogen (secondary N) is 2. The monoisotopic (exact) mass is 488 g/mol. The van der Waals surface area contributed by atoms with Crippen molar-refractivity contribution in [3.8, 4) is 0 Å². The molecule has 1 aliphatic heterocycles. The third kappa shape index (κ3) is 4.45. The van der Waals surface area contributed by atoms with Crippen LogP contribution in [0.3, 0.4) is 0 Å². The Hall–Kier alpha value is -2.59. The molecule has 4 N–H and O–H groups in total. The summed E-state index contributed by atoms with van der Waals surface area (Å²) in [6.45, 7) is 3.39. The molecule has 0 unspecified atom stereocenters. The van der Waals surface area contributed by atoms with E-state index in [4.69, 9.17) is 10.5 Å². The van der Waals surface area contributed by atoms with Crippen molar-refractivity contribution in [1.82, 2.24) is 9.97 Å².